The van der Waals surface area contributed by atoms with Crippen LogP contribution < -0.4 is 10.1 Å². The van der Waals surface area contributed by atoms with Gasteiger partial charge in [-0.25, -0.2) is 4.79 Å². The summed E-state index contributed by atoms with van der Waals surface area (Å²) >= 11 is 0. The quantitative estimate of drug-likeness (QED) is 0.621. The van der Waals surface area contributed by atoms with Gasteiger partial charge in [-0.3, -0.25) is 14.9 Å². The molecule has 31 heavy (non-hydrogen) atoms. The molecule has 0 bridgehead atoms. The van der Waals surface area contributed by atoms with Crippen LogP contribution in [0.15, 0.2) is 54.6 Å². The van der Waals surface area contributed by atoms with Crippen molar-refractivity contribution in [2.24, 2.45) is 5.92 Å². The maximum atomic E-state index is 12.9. The number of esters is 1. The summed E-state index contributed by atoms with van der Waals surface area (Å²) in [5, 5.41) is 12.5. The number of nitrogens with zero attached hydrogens (tertiary/aromatic N) is 1. The molecule has 2 aromatic rings. The molecular weight excluding hydrogens is 396 g/mol. The fourth-order valence-electron chi connectivity index (χ4n) is 3.62. The molecule has 7 nitrogen and oxygen atoms in total. The van der Waals surface area contributed by atoms with Gasteiger partial charge in [0, 0.05) is 17.9 Å². The number of ether oxygens (including phenoxy) is 2. The van der Waals surface area contributed by atoms with E-state index in [-0.39, 0.29) is 6.42 Å². The number of carbonyl (C=O) groups excluding carboxylic acids is 3. The van der Waals surface area contributed by atoms with E-state index in [1.807, 2.05) is 6.92 Å². The predicted molar refractivity (Wildman–Crippen MR) is 114 cm³/mol. The third-order valence-corrected chi connectivity index (χ3v) is 5.20. The molecule has 2 aromatic carbocycles. The molecule has 2 atom stereocenters. The van der Waals surface area contributed by atoms with Crippen LogP contribution >= 0.6 is 0 Å². The first kappa shape index (κ1) is 23.6. The molecule has 2 amide bonds. The molecule has 0 aliphatic carbocycles. The van der Waals surface area contributed by atoms with Crippen LogP contribution in [0.25, 0.3) is 0 Å². The van der Waals surface area contributed by atoms with Crippen molar-refractivity contribution in [2.75, 3.05) is 14.2 Å². The van der Waals surface area contributed by atoms with Gasteiger partial charge in [0.2, 0.25) is 5.91 Å². The molecule has 0 aromatic heterocycles. The first-order valence-corrected chi connectivity index (χ1v) is 9.96. The minimum atomic E-state index is -1.70. The summed E-state index contributed by atoms with van der Waals surface area (Å²) in [7, 11) is 2.72. The number of nitriles is 1. The Balaban J connectivity index is 2.37. The van der Waals surface area contributed by atoms with Crippen LogP contribution in [0.5, 0.6) is 5.75 Å². The van der Waals surface area contributed by atoms with Gasteiger partial charge < -0.3 is 9.47 Å². The van der Waals surface area contributed by atoms with E-state index in [1.54, 1.807) is 54.6 Å². The average molecular weight is 422 g/mol. The number of hydrogen-bond acceptors (Lipinski definition) is 6. The number of benzene rings is 2. The normalized spacial score (nSPS) is 13.2. The van der Waals surface area contributed by atoms with Crippen LogP contribution in [0.2, 0.25) is 0 Å². The molecule has 0 radical (unpaired) electrons. The fourth-order valence-corrected chi connectivity index (χ4v) is 3.62. The number of hydrogen-bond donors (Lipinski definition) is 1. The maximum absolute atomic E-state index is 12.9. The van der Waals surface area contributed by atoms with E-state index in [2.05, 4.69) is 11.4 Å². The highest BCUT2D eigenvalue weighted by molar-refractivity contribution is 6.04. The first-order chi connectivity index (χ1) is 14.9. The molecule has 0 aliphatic heterocycles. The standard InChI is InChI=1S/C24H26N2O5/c1-4-8-19(15-21(27)26-22(28)17-9-6-5-7-10-17)24(16-25,23(29)31-3)18-11-13-20(30-2)14-12-18/h5-7,9-14,19H,4,8,15H2,1-3H3,(H,26,27,28)/t19-,24+/m0/s1. The summed E-state index contributed by atoms with van der Waals surface area (Å²) < 4.78 is 10.1. The fraction of sp³-hybridized carbons (Fsp3) is 0.333. The van der Waals surface area contributed by atoms with E-state index in [0.29, 0.717) is 29.7 Å². The van der Waals surface area contributed by atoms with E-state index in [0.717, 1.165) is 0 Å². The Labute approximate surface area is 182 Å². The average Bonchev–Trinajstić information content (AvgIpc) is 2.80. The van der Waals surface area contributed by atoms with Crippen molar-refractivity contribution in [1.82, 2.24) is 5.32 Å². The van der Waals surface area contributed by atoms with Crippen molar-refractivity contribution in [3.63, 3.8) is 0 Å². The van der Waals surface area contributed by atoms with E-state index < -0.39 is 29.1 Å². The lowest BCUT2D eigenvalue weighted by atomic mass is 9.68. The van der Waals surface area contributed by atoms with Crippen molar-refractivity contribution in [2.45, 2.75) is 31.6 Å². The lowest BCUT2D eigenvalue weighted by molar-refractivity contribution is -0.147. The Morgan fingerprint density at radius 3 is 2.23 bits per heavy atom. The lowest BCUT2D eigenvalue weighted by Crippen LogP contribution is -2.45. The van der Waals surface area contributed by atoms with Crippen molar-refractivity contribution < 1.29 is 23.9 Å². The zero-order valence-corrected chi connectivity index (χ0v) is 17.9. The highest BCUT2D eigenvalue weighted by atomic mass is 16.5. The van der Waals surface area contributed by atoms with E-state index >= 15 is 0 Å². The van der Waals surface area contributed by atoms with Crippen molar-refractivity contribution in [1.29, 1.82) is 5.26 Å². The lowest BCUT2D eigenvalue weighted by Gasteiger charge is -2.32. The molecular formula is C24H26N2O5. The molecule has 0 unspecified atom stereocenters. The van der Waals surface area contributed by atoms with Gasteiger partial charge in [-0.15, -0.1) is 0 Å². The van der Waals surface area contributed by atoms with Gasteiger partial charge in [-0.1, -0.05) is 43.7 Å². The van der Waals surface area contributed by atoms with Gasteiger partial charge in [0.05, 0.1) is 20.3 Å². The number of rotatable bonds is 9. The van der Waals surface area contributed by atoms with Crippen LogP contribution in [0.1, 0.15) is 42.1 Å². The highest BCUT2D eigenvalue weighted by Gasteiger charge is 2.49. The first-order valence-electron chi connectivity index (χ1n) is 9.96. The zero-order chi connectivity index (χ0) is 22.9. The minimum absolute atomic E-state index is 0.193. The van der Waals surface area contributed by atoms with Gasteiger partial charge in [0.1, 0.15) is 5.75 Å². The minimum Gasteiger partial charge on any atom is -0.497 e. The summed E-state index contributed by atoms with van der Waals surface area (Å²) in [5.74, 6) is -1.98. The number of imide groups is 1. The van der Waals surface area contributed by atoms with Gasteiger partial charge in [0.15, 0.2) is 5.41 Å². The molecule has 2 rings (SSSR count). The monoisotopic (exact) mass is 422 g/mol. The molecule has 0 saturated carbocycles. The molecule has 0 fully saturated rings. The van der Waals surface area contributed by atoms with Gasteiger partial charge >= 0.3 is 5.97 Å². The Bertz CT molecular complexity index is 950. The predicted octanol–water partition coefficient (Wildman–Crippen LogP) is 3.39. The maximum Gasteiger partial charge on any atom is 0.331 e. The Kier molecular flexibility index (Phi) is 8.33. The molecule has 7 heteroatoms. The summed E-state index contributed by atoms with van der Waals surface area (Å²) in [6.45, 7) is 1.90. The highest BCUT2D eigenvalue weighted by Crippen LogP contribution is 2.39. The van der Waals surface area contributed by atoms with E-state index in [9.17, 15) is 19.6 Å². The second-order valence-electron chi connectivity index (χ2n) is 7.07. The summed E-state index contributed by atoms with van der Waals surface area (Å²) in [6, 6.07) is 17.0. The second kappa shape index (κ2) is 10.9. The summed E-state index contributed by atoms with van der Waals surface area (Å²) in [5.41, 5.74) is -0.953. The van der Waals surface area contributed by atoms with Gasteiger partial charge in [-0.05, 0) is 36.2 Å². The van der Waals surface area contributed by atoms with Crippen LogP contribution in [-0.2, 0) is 19.7 Å². The number of nitrogens with one attached hydrogen (secondary N) is 1. The SMILES string of the molecule is CCC[C@@H](CC(=O)NC(=O)c1ccccc1)[C@](C#N)(C(=O)OC)c1ccc(OC)cc1. The van der Waals surface area contributed by atoms with Crippen LogP contribution in [0.4, 0.5) is 0 Å². The van der Waals surface area contributed by atoms with Crippen molar-refractivity contribution in [3.05, 3.63) is 65.7 Å². The van der Waals surface area contributed by atoms with Gasteiger partial charge in [0.25, 0.3) is 5.91 Å². The summed E-state index contributed by atoms with van der Waals surface area (Å²) in [4.78, 5) is 37.9. The smallest absolute Gasteiger partial charge is 0.331 e. The number of methoxy groups -OCH3 is 2. The molecule has 0 saturated heterocycles. The van der Waals surface area contributed by atoms with Crippen molar-refractivity contribution in [3.8, 4) is 11.8 Å². The molecule has 0 aliphatic rings. The number of amides is 2. The zero-order valence-electron chi connectivity index (χ0n) is 17.9. The molecule has 0 spiro atoms. The second-order valence-corrected chi connectivity index (χ2v) is 7.07. The molecule has 1 N–H and O–H groups in total. The third kappa shape index (κ3) is 5.28. The largest absolute Gasteiger partial charge is 0.497 e. The van der Waals surface area contributed by atoms with Crippen LogP contribution in [-0.4, -0.2) is 32.0 Å². The van der Waals surface area contributed by atoms with E-state index in [4.69, 9.17) is 9.47 Å². The summed E-state index contributed by atoms with van der Waals surface area (Å²) in [6.07, 6.45) is 0.837. The van der Waals surface area contributed by atoms with Gasteiger partial charge in [-0.2, -0.15) is 5.26 Å². The Hall–Kier alpha value is -3.66. The van der Waals surface area contributed by atoms with Crippen LogP contribution in [0, 0.1) is 17.2 Å². The Morgan fingerprint density at radius 2 is 1.71 bits per heavy atom. The molecule has 162 valence electrons. The molecule has 0 heterocycles. The van der Waals surface area contributed by atoms with E-state index in [1.165, 1.54) is 14.2 Å². The number of carbonyl (C=O) groups is 3. The topological polar surface area (TPSA) is 105 Å². The Morgan fingerprint density at radius 1 is 1.06 bits per heavy atom. The third-order valence-electron chi connectivity index (χ3n) is 5.20. The van der Waals surface area contributed by atoms with Crippen LogP contribution in [0.3, 0.4) is 0 Å². The van der Waals surface area contributed by atoms with Crippen molar-refractivity contribution >= 4 is 17.8 Å².